The highest BCUT2D eigenvalue weighted by Gasteiger charge is 2.13. The minimum absolute atomic E-state index is 0.0859. The van der Waals surface area contributed by atoms with Crippen LogP contribution in [0.4, 0.5) is 0 Å². The lowest BCUT2D eigenvalue weighted by atomic mass is 9.98. The molecule has 0 spiro atoms. The summed E-state index contributed by atoms with van der Waals surface area (Å²) in [6.45, 7) is 1.84. The Kier molecular flexibility index (Phi) is 5.62. The molecule has 0 heterocycles. The van der Waals surface area contributed by atoms with Crippen molar-refractivity contribution in [1.29, 1.82) is 0 Å². The number of hydrogen-bond donors (Lipinski definition) is 2. The Balaban J connectivity index is 2.21. The standard InChI is InChI=1S/C17H21ClN2O/c1-20(2)12-11-19-17(13-3-7-15(18)8-4-13)14-5-9-16(21)10-6-14/h3-10,17,19,21H,11-12H2,1-2H3. The topological polar surface area (TPSA) is 35.5 Å². The van der Waals surface area contributed by atoms with E-state index in [0.717, 1.165) is 29.2 Å². The highest BCUT2D eigenvalue weighted by Crippen LogP contribution is 2.25. The van der Waals surface area contributed by atoms with Crippen LogP contribution in [0, 0.1) is 0 Å². The average Bonchev–Trinajstić information content (AvgIpc) is 2.46. The average molecular weight is 305 g/mol. The number of benzene rings is 2. The Hall–Kier alpha value is -1.55. The van der Waals surface area contributed by atoms with E-state index in [0.29, 0.717) is 0 Å². The normalized spacial score (nSPS) is 12.6. The van der Waals surface area contributed by atoms with E-state index in [2.05, 4.69) is 24.3 Å². The largest absolute Gasteiger partial charge is 0.508 e. The van der Waals surface area contributed by atoms with E-state index >= 15 is 0 Å². The molecular weight excluding hydrogens is 284 g/mol. The lowest BCUT2D eigenvalue weighted by Crippen LogP contribution is -2.30. The predicted molar refractivity (Wildman–Crippen MR) is 88.0 cm³/mol. The van der Waals surface area contributed by atoms with E-state index in [4.69, 9.17) is 11.6 Å². The second-order valence-corrected chi connectivity index (χ2v) is 5.77. The van der Waals surface area contributed by atoms with Crippen LogP contribution in [0.25, 0.3) is 0 Å². The maximum atomic E-state index is 9.45. The number of aromatic hydroxyl groups is 1. The number of hydrogen-bond acceptors (Lipinski definition) is 3. The second kappa shape index (κ2) is 7.46. The molecule has 3 nitrogen and oxygen atoms in total. The van der Waals surface area contributed by atoms with E-state index in [1.54, 1.807) is 12.1 Å². The molecule has 0 saturated carbocycles. The molecule has 0 aliphatic carbocycles. The summed E-state index contributed by atoms with van der Waals surface area (Å²) in [5, 5.41) is 13.7. The smallest absolute Gasteiger partial charge is 0.115 e. The molecule has 2 aromatic carbocycles. The van der Waals surface area contributed by atoms with Crippen LogP contribution in [0.2, 0.25) is 5.02 Å². The molecule has 112 valence electrons. The molecule has 2 aromatic rings. The minimum atomic E-state index is 0.0859. The maximum Gasteiger partial charge on any atom is 0.115 e. The molecule has 0 bridgehead atoms. The predicted octanol–water partition coefficient (Wildman–Crippen LogP) is 3.29. The molecule has 0 radical (unpaired) electrons. The van der Waals surface area contributed by atoms with Gasteiger partial charge in [0, 0.05) is 18.1 Å². The Morgan fingerprint density at radius 1 is 1.00 bits per heavy atom. The van der Waals surface area contributed by atoms with Gasteiger partial charge >= 0.3 is 0 Å². The first kappa shape index (κ1) is 15.8. The van der Waals surface area contributed by atoms with Gasteiger partial charge in [0.1, 0.15) is 5.75 Å². The summed E-state index contributed by atoms with van der Waals surface area (Å²) >= 11 is 5.97. The van der Waals surface area contributed by atoms with Gasteiger partial charge in [-0.1, -0.05) is 35.9 Å². The van der Waals surface area contributed by atoms with Crippen LogP contribution in [0.3, 0.4) is 0 Å². The van der Waals surface area contributed by atoms with Crippen molar-refractivity contribution in [1.82, 2.24) is 10.2 Å². The molecule has 21 heavy (non-hydrogen) atoms. The number of nitrogens with one attached hydrogen (secondary N) is 1. The molecule has 0 saturated heterocycles. The quantitative estimate of drug-likeness (QED) is 0.859. The number of halogens is 1. The lowest BCUT2D eigenvalue weighted by Gasteiger charge is -2.21. The molecule has 2 rings (SSSR count). The van der Waals surface area contributed by atoms with Crippen molar-refractivity contribution < 1.29 is 5.11 Å². The van der Waals surface area contributed by atoms with E-state index in [1.165, 1.54) is 0 Å². The van der Waals surface area contributed by atoms with E-state index < -0.39 is 0 Å². The highest BCUT2D eigenvalue weighted by atomic mass is 35.5. The Bertz CT molecular complexity index is 507. The lowest BCUT2D eigenvalue weighted by molar-refractivity contribution is 0.392. The summed E-state index contributed by atoms with van der Waals surface area (Å²) in [5.41, 5.74) is 2.28. The van der Waals surface area contributed by atoms with Gasteiger partial charge < -0.3 is 15.3 Å². The van der Waals surface area contributed by atoms with Crippen molar-refractivity contribution in [2.24, 2.45) is 0 Å². The molecule has 0 aliphatic rings. The van der Waals surface area contributed by atoms with Crippen LogP contribution < -0.4 is 5.32 Å². The monoisotopic (exact) mass is 304 g/mol. The van der Waals surface area contributed by atoms with E-state index in [9.17, 15) is 5.11 Å². The number of phenols is 1. The van der Waals surface area contributed by atoms with Crippen LogP contribution in [0.1, 0.15) is 17.2 Å². The number of likely N-dealkylation sites (N-methyl/N-ethyl adjacent to an activating group) is 1. The van der Waals surface area contributed by atoms with Crippen molar-refractivity contribution in [3.63, 3.8) is 0 Å². The van der Waals surface area contributed by atoms with Crippen LogP contribution in [-0.2, 0) is 0 Å². The van der Waals surface area contributed by atoms with Gasteiger partial charge in [0.25, 0.3) is 0 Å². The van der Waals surface area contributed by atoms with Gasteiger partial charge in [-0.05, 0) is 49.5 Å². The third-order valence-electron chi connectivity index (χ3n) is 3.34. The third-order valence-corrected chi connectivity index (χ3v) is 3.59. The maximum absolute atomic E-state index is 9.45. The number of phenolic OH excluding ortho intramolecular Hbond substituents is 1. The van der Waals surface area contributed by atoms with Crippen LogP contribution in [0.15, 0.2) is 48.5 Å². The minimum Gasteiger partial charge on any atom is -0.508 e. The van der Waals surface area contributed by atoms with Crippen molar-refractivity contribution >= 4 is 11.6 Å². The molecular formula is C17H21ClN2O. The molecule has 4 heteroatoms. The van der Waals surface area contributed by atoms with Gasteiger partial charge in [0.15, 0.2) is 0 Å². The summed E-state index contributed by atoms with van der Waals surface area (Å²) in [6.07, 6.45) is 0. The first-order valence-corrected chi connectivity index (χ1v) is 7.36. The van der Waals surface area contributed by atoms with Crippen LogP contribution in [0.5, 0.6) is 5.75 Å². The van der Waals surface area contributed by atoms with Crippen molar-refractivity contribution in [3.05, 3.63) is 64.7 Å². The van der Waals surface area contributed by atoms with Crippen molar-refractivity contribution in [2.45, 2.75) is 6.04 Å². The zero-order valence-corrected chi connectivity index (χ0v) is 13.1. The summed E-state index contributed by atoms with van der Waals surface area (Å²) in [5.74, 6) is 0.280. The molecule has 0 aromatic heterocycles. The van der Waals surface area contributed by atoms with E-state index in [1.807, 2.05) is 36.4 Å². The molecule has 2 N–H and O–H groups in total. The third kappa shape index (κ3) is 4.74. The van der Waals surface area contributed by atoms with Crippen molar-refractivity contribution in [2.75, 3.05) is 27.2 Å². The molecule has 1 unspecified atom stereocenters. The zero-order chi connectivity index (χ0) is 15.2. The molecule has 0 aliphatic heterocycles. The fraction of sp³-hybridized carbons (Fsp3) is 0.294. The summed E-state index contributed by atoms with van der Waals surface area (Å²) in [6, 6.07) is 15.3. The van der Waals surface area contributed by atoms with E-state index in [-0.39, 0.29) is 11.8 Å². The second-order valence-electron chi connectivity index (χ2n) is 5.33. The molecule has 0 amide bonds. The Labute approximate surface area is 131 Å². The van der Waals surface area contributed by atoms with Crippen LogP contribution >= 0.6 is 11.6 Å². The fourth-order valence-electron chi connectivity index (χ4n) is 2.18. The zero-order valence-electron chi connectivity index (χ0n) is 12.4. The van der Waals surface area contributed by atoms with Crippen LogP contribution in [-0.4, -0.2) is 37.2 Å². The summed E-state index contributed by atoms with van der Waals surface area (Å²) in [7, 11) is 4.11. The first-order chi connectivity index (χ1) is 10.1. The molecule has 1 atom stereocenters. The van der Waals surface area contributed by atoms with Gasteiger partial charge in [-0.25, -0.2) is 0 Å². The van der Waals surface area contributed by atoms with Gasteiger partial charge in [-0.3, -0.25) is 0 Å². The Morgan fingerprint density at radius 2 is 1.52 bits per heavy atom. The van der Waals surface area contributed by atoms with Gasteiger partial charge in [-0.15, -0.1) is 0 Å². The highest BCUT2D eigenvalue weighted by molar-refractivity contribution is 6.30. The van der Waals surface area contributed by atoms with Crippen molar-refractivity contribution in [3.8, 4) is 5.75 Å². The number of rotatable bonds is 6. The fourth-order valence-corrected chi connectivity index (χ4v) is 2.31. The summed E-state index contributed by atoms with van der Waals surface area (Å²) in [4.78, 5) is 2.14. The van der Waals surface area contributed by atoms with Gasteiger partial charge in [-0.2, -0.15) is 0 Å². The van der Waals surface area contributed by atoms with Gasteiger partial charge in [0.2, 0.25) is 0 Å². The molecule has 0 fully saturated rings. The number of nitrogens with zero attached hydrogens (tertiary/aromatic N) is 1. The van der Waals surface area contributed by atoms with Gasteiger partial charge in [0.05, 0.1) is 6.04 Å². The first-order valence-electron chi connectivity index (χ1n) is 6.99. The SMILES string of the molecule is CN(C)CCNC(c1ccc(O)cc1)c1ccc(Cl)cc1. The summed E-state index contributed by atoms with van der Waals surface area (Å²) < 4.78 is 0. The Morgan fingerprint density at radius 3 is 2.05 bits per heavy atom.